The molecule has 3 atom stereocenters. The van der Waals surface area contributed by atoms with Crippen molar-refractivity contribution in [1.29, 1.82) is 5.26 Å². The number of likely N-dealkylation sites (tertiary alicyclic amines) is 1. The van der Waals surface area contributed by atoms with Crippen LogP contribution in [-0.2, 0) is 0 Å². The van der Waals surface area contributed by atoms with Crippen molar-refractivity contribution in [2.75, 3.05) is 20.1 Å². The number of quaternary nitrogens is 1. The van der Waals surface area contributed by atoms with Gasteiger partial charge in [-0.2, -0.15) is 5.26 Å². The molecule has 0 aromatic rings. The fourth-order valence-corrected chi connectivity index (χ4v) is 4.90. The van der Waals surface area contributed by atoms with Crippen LogP contribution in [0.2, 0.25) is 0 Å². The highest BCUT2D eigenvalue weighted by atomic mass is 15.4. The summed E-state index contributed by atoms with van der Waals surface area (Å²) in [4.78, 5) is 0. The highest BCUT2D eigenvalue weighted by Crippen LogP contribution is 2.60. The lowest BCUT2D eigenvalue weighted by atomic mass is 9.58. The number of hydrogen-bond donors (Lipinski definition) is 0. The van der Waals surface area contributed by atoms with Crippen molar-refractivity contribution in [2.45, 2.75) is 44.1 Å². The Morgan fingerprint density at radius 2 is 2.00 bits per heavy atom. The quantitative estimate of drug-likeness (QED) is 0.603. The Morgan fingerprint density at radius 3 is 2.60 bits per heavy atom. The van der Waals surface area contributed by atoms with Crippen molar-refractivity contribution in [3.05, 3.63) is 0 Å². The molecule has 0 N–H and O–H groups in total. The molecule has 3 rings (SSSR count). The van der Waals surface area contributed by atoms with Crippen LogP contribution < -0.4 is 0 Å². The van der Waals surface area contributed by atoms with Gasteiger partial charge in [0, 0.05) is 25.2 Å². The summed E-state index contributed by atoms with van der Waals surface area (Å²) in [7, 11) is 2.43. The van der Waals surface area contributed by atoms with Crippen LogP contribution in [0.1, 0.15) is 38.5 Å². The second-order valence-electron chi connectivity index (χ2n) is 6.05. The maximum Gasteiger partial charge on any atom is 0.118 e. The van der Waals surface area contributed by atoms with Crippen molar-refractivity contribution in [3.63, 3.8) is 0 Å². The third-order valence-electron chi connectivity index (χ3n) is 5.67. The van der Waals surface area contributed by atoms with E-state index in [1.165, 1.54) is 56.1 Å². The third-order valence-corrected chi connectivity index (χ3v) is 5.67. The van der Waals surface area contributed by atoms with E-state index in [-0.39, 0.29) is 0 Å². The minimum Gasteiger partial charge on any atom is -0.320 e. The van der Waals surface area contributed by atoms with E-state index in [4.69, 9.17) is 0 Å². The molecule has 1 aliphatic heterocycles. The predicted octanol–water partition coefficient (Wildman–Crippen LogP) is 2.31. The van der Waals surface area contributed by atoms with Crippen LogP contribution in [0, 0.1) is 23.2 Å². The largest absolute Gasteiger partial charge is 0.320 e. The van der Waals surface area contributed by atoms with Gasteiger partial charge in [-0.1, -0.05) is 0 Å². The Hall–Kier alpha value is -0.550. The minimum absolute atomic E-state index is 0.369. The van der Waals surface area contributed by atoms with Gasteiger partial charge in [0.2, 0.25) is 0 Å². The van der Waals surface area contributed by atoms with Crippen molar-refractivity contribution >= 4 is 0 Å². The molecule has 15 heavy (non-hydrogen) atoms. The van der Waals surface area contributed by atoms with E-state index >= 15 is 0 Å². The van der Waals surface area contributed by atoms with E-state index in [9.17, 15) is 5.26 Å². The molecule has 0 amide bonds. The van der Waals surface area contributed by atoms with E-state index in [0.717, 1.165) is 5.92 Å². The van der Waals surface area contributed by atoms with E-state index in [1.807, 2.05) is 0 Å². The van der Waals surface area contributed by atoms with Crippen LogP contribution in [0.4, 0.5) is 0 Å². The zero-order chi connectivity index (χ0) is 10.5. The average Bonchev–Trinajstić information content (AvgIpc) is 2.75. The van der Waals surface area contributed by atoms with Gasteiger partial charge in [0.05, 0.1) is 26.2 Å². The first kappa shape index (κ1) is 9.66. The van der Waals surface area contributed by atoms with Gasteiger partial charge in [0.25, 0.3) is 0 Å². The molecular formula is C13H21N2+. The predicted molar refractivity (Wildman–Crippen MR) is 58.9 cm³/mol. The van der Waals surface area contributed by atoms with Crippen molar-refractivity contribution in [3.8, 4) is 6.07 Å². The van der Waals surface area contributed by atoms with Crippen molar-refractivity contribution in [1.82, 2.24) is 0 Å². The number of fused-ring (bicyclic) bond motifs is 1. The van der Waals surface area contributed by atoms with Crippen molar-refractivity contribution in [2.24, 2.45) is 11.8 Å². The molecule has 1 saturated heterocycles. The minimum atomic E-state index is 0.369. The number of nitriles is 1. The third kappa shape index (κ3) is 0.979. The average molecular weight is 205 g/mol. The van der Waals surface area contributed by atoms with Gasteiger partial charge in [0.15, 0.2) is 0 Å². The van der Waals surface area contributed by atoms with Crippen LogP contribution in [0.15, 0.2) is 0 Å². The molecule has 1 heterocycles. The molecule has 3 fully saturated rings. The van der Waals surface area contributed by atoms with E-state index < -0.39 is 0 Å². The molecule has 2 saturated carbocycles. The Morgan fingerprint density at radius 1 is 1.27 bits per heavy atom. The summed E-state index contributed by atoms with van der Waals surface area (Å²) in [5.74, 6) is 1.25. The molecule has 0 radical (unpaired) electrons. The number of nitrogens with zero attached hydrogens (tertiary/aromatic N) is 2. The molecule has 2 heteroatoms. The molecule has 0 unspecified atom stereocenters. The molecule has 0 aromatic heterocycles. The lowest BCUT2D eigenvalue weighted by Crippen LogP contribution is -2.71. The summed E-state index contributed by atoms with van der Waals surface area (Å²) in [5, 5.41) is 9.31. The molecule has 0 aromatic carbocycles. The normalized spacial score (nSPS) is 46.9. The second kappa shape index (κ2) is 2.98. The summed E-state index contributed by atoms with van der Waals surface area (Å²) in [6.07, 6.45) is 8.05. The smallest absolute Gasteiger partial charge is 0.118 e. The van der Waals surface area contributed by atoms with Gasteiger partial charge < -0.3 is 4.48 Å². The summed E-state index contributed by atoms with van der Waals surface area (Å²) in [5.41, 5.74) is 0.394. The summed E-state index contributed by atoms with van der Waals surface area (Å²) in [6.45, 7) is 2.66. The molecule has 3 aliphatic rings. The molecule has 0 spiro atoms. The zero-order valence-electron chi connectivity index (χ0n) is 9.71. The highest BCUT2D eigenvalue weighted by Gasteiger charge is 2.68. The second-order valence-corrected chi connectivity index (χ2v) is 6.05. The van der Waals surface area contributed by atoms with Gasteiger partial charge in [-0.25, -0.2) is 0 Å². The maximum absolute atomic E-state index is 9.31. The Bertz CT molecular complexity index is 311. The van der Waals surface area contributed by atoms with Crippen LogP contribution in [-0.4, -0.2) is 30.2 Å². The molecule has 0 bridgehead atoms. The molecule has 2 aliphatic carbocycles. The number of hydrogen-bond acceptors (Lipinski definition) is 1. The standard InChI is InChI=1S/C13H21N2/c1-15(7-2-3-8-15)13-6-4-5-11(13)9-12(13)10-14/h11-12H,2-9H2,1H3/q+1/t11-,12+,13-/m0/s1. The lowest BCUT2D eigenvalue weighted by molar-refractivity contribution is -0.962. The van der Waals surface area contributed by atoms with Crippen LogP contribution in [0.25, 0.3) is 0 Å². The SMILES string of the molecule is C[N+]1([C@@]23CCC[C@H]2C[C@@H]3C#N)CCCC1. The zero-order valence-corrected chi connectivity index (χ0v) is 9.71. The van der Waals surface area contributed by atoms with Gasteiger partial charge in [-0.05, 0) is 19.3 Å². The van der Waals surface area contributed by atoms with Crippen LogP contribution in [0.5, 0.6) is 0 Å². The van der Waals surface area contributed by atoms with Gasteiger partial charge in [-0.3, -0.25) is 0 Å². The highest BCUT2D eigenvalue weighted by molar-refractivity contribution is 5.16. The number of rotatable bonds is 1. The maximum atomic E-state index is 9.31. The summed E-state index contributed by atoms with van der Waals surface area (Å²) in [6, 6.07) is 2.60. The van der Waals surface area contributed by atoms with Gasteiger partial charge in [-0.15, -0.1) is 0 Å². The summed E-state index contributed by atoms with van der Waals surface area (Å²) < 4.78 is 1.23. The van der Waals surface area contributed by atoms with Crippen LogP contribution in [0.3, 0.4) is 0 Å². The van der Waals surface area contributed by atoms with E-state index in [0.29, 0.717) is 11.5 Å². The molecular weight excluding hydrogens is 184 g/mol. The monoisotopic (exact) mass is 205 g/mol. The topological polar surface area (TPSA) is 23.8 Å². The first-order chi connectivity index (χ1) is 7.23. The first-order valence-electron chi connectivity index (χ1n) is 6.47. The Labute approximate surface area is 92.5 Å². The van der Waals surface area contributed by atoms with Gasteiger partial charge >= 0.3 is 0 Å². The van der Waals surface area contributed by atoms with E-state index in [1.54, 1.807) is 0 Å². The summed E-state index contributed by atoms with van der Waals surface area (Å²) >= 11 is 0. The first-order valence-corrected chi connectivity index (χ1v) is 6.47. The van der Waals surface area contributed by atoms with Crippen LogP contribution >= 0.6 is 0 Å². The molecule has 82 valence electrons. The van der Waals surface area contributed by atoms with E-state index in [2.05, 4.69) is 13.1 Å². The fraction of sp³-hybridized carbons (Fsp3) is 0.923. The lowest BCUT2D eigenvalue weighted by Gasteiger charge is -2.59. The van der Waals surface area contributed by atoms with Gasteiger partial charge in [0.1, 0.15) is 11.5 Å². The Kier molecular flexibility index (Phi) is 1.92. The molecule has 2 nitrogen and oxygen atoms in total. The fourth-order valence-electron chi connectivity index (χ4n) is 4.90. The van der Waals surface area contributed by atoms with Crippen molar-refractivity contribution < 1.29 is 4.48 Å². The Balaban J connectivity index is 1.96.